The first-order valence-electron chi connectivity index (χ1n) is 3.99. The van der Waals surface area contributed by atoms with Crippen LogP contribution in [0.3, 0.4) is 0 Å². The fourth-order valence-corrected chi connectivity index (χ4v) is 0.857. The first-order valence-corrected chi connectivity index (χ1v) is 3.99. The molecular weight excluding hydrogens is 182 g/mol. The van der Waals surface area contributed by atoms with Crippen LogP contribution in [0.2, 0.25) is 0 Å². The van der Waals surface area contributed by atoms with Crippen molar-refractivity contribution in [1.29, 1.82) is 5.26 Å². The Bertz CT molecular complexity index is 367. The molecule has 1 heterocycles. The Labute approximate surface area is 81.0 Å². The predicted molar refractivity (Wildman–Crippen MR) is 49.7 cm³/mol. The molecule has 1 aromatic heterocycles. The molecule has 5 nitrogen and oxygen atoms in total. The van der Waals surface area contributed by atoms with Gasteiger partial charge in [-0.05, 0) is 19.1 Å². The van der Waals surface area contributed by atoms with Crippen LogP contribution in [0.5, 0.6) is 0 Å². The van der Waals surface area contributed by atoms with Gasteiger partial charge < -0.3 is 10.4 Å². The van der Waals surface area contributed by atoms with Gasteiger partial charge >= 0.3 is 5.97 Å². The number of carboxylic acids is 1. The average molecular weight is 191 g/mol. The normalized spacial score (nSPS) is 11.4. The number of carboxylic acid groups (broad SMARTS) is 1. The SMILES string of the molecule is C[C@@H](Nc1ccc(C#N)nc1)C(=O)O. The molecule has 14 heavy (non-hydrogen) atoms. The van der Waals surface area contributed by atoms with Crippen molar-refractivity contribution in [2.75, 3.05) is 5.32 Å². The minimum Gasteiger partial charge on any atom is -0.480 e. The zero-order valence-corrected chi connectivity index (χ0v) is 7.56. The zero-order chi connectivity index (χ0) is 10.6. The molecule has 0 aliphatic rings. The summed E-state index contributed by atoms with van der Waals surface area (Å²) in [6.45, 7) is 1.53. The van der Waals surface area contributed by atoms with Crippen LogP contribution < -0.4 is 5.32 Å². The number of nitrogens with zero attached hydrogens (tertiary/aromatic N) is 2. The van der Waals surface area contributed by atoms with Crippen LogP contribution in [0.4, 0.5) is 5.69 Å². The van der Waals surface area contributed by atoms with Gasteiger partial charge in [-0.1, -0.05) is 0 Å². The summed E-state index contributed by atoms with van der Waals surface area (Å²) in [6, 6.07) is 4.34. The van der Waals surface area contributed by atoms with Crippen LogP contribution in [0.15, 0.2) is 18.3 Å². The van der Waals surface area contributed by atoms with Crippen molar-refractivity contribution in [1.82, 2.24) is 4.98 Å². The molecule has 72 valence electrons. The number of nitrogens with one attached hydrogen (secondary N) is 1. The Hall–Kier alpha value is -2.09. The van der Waals surface area contributed by atoms with Gasteiger partial charge in [0.05, 0.1) is 11.9 Å². The Morgan fingerprint density at radius 2 is 2.43 bits per heavy atom. The molecule has 5 heteroatoms. The summed E-state index contributed by atoms with van der Waals surface area (Å²) in [4.78, 5) is 14.3. The number of anilines is 1. The Kier molecular flexibility index (Phi) is 3.02. The number of carbonyl (C=O) groups is 1. The molecule has 0 bridgehead atoms. The fourth-order valence-electron chi connectivity index (χ4n) is 0.857. The maximum Gasteiger partial charge on any atom is 0.325 e. The highest BCUT2D eigenvalue weighted by molar-refractivity contribution is 5.76. The van der Waals surface area contributed by atoms with E-state index in [4.69, 9.17) is 10.4 Å². The predicted octanol–water partition coefficient (Wildman–Crippen LogP) is 0.838. The van der Waals surface area contributed by atoms with Gasteiger partial charge in [0.15, 0.2) is 0 Å². The lowest BCUT2D eigenvalue weighted by Crippen LogP contribution is -2.25. The number of pyridine rings is 1. The lowest BCUT2D eigenvalue weighted by Gasteiger charge is -2.09. The van der Waals surface area contributed by atoms with Crippen LogP contribution in [-0.4, -0.2) is 22.1 Å². The van der Waals surface area contributed by atoms with Gasteiger partial charge in [-0.15, -0.1) is 0 Å². The summed E-state index contributed by atoms with van der Waals surface area (Å²) in [7, 11) is 0. The van der Waals surface area contributed by atoms with Crippen molar-refractivity contribution < 1.29 is 9.90 Å². The third-order valence-electron chi connectivity index (χ3n) is 1.63. The van der Waals surface area contributed by atoms with Gasteiger partial charge in [0.2, 0.25) is 0 Å². The van der Waals surface area contributed by atoms with Gasteiger partial charge in [-0.3, -0.25) is 4.79 Å². The molecule has 0 unspecified atom stereocenters. The standard InChI is InChI=1S/C9H9N3O2/c1-6(9(13)14)12-8-3-2-7(4-10)11-5-8/h2-3,5-6,12H,1H3,(H,13,14)/t6-/m1/s1. The molecule has 1 rings (SSSR count). The first-order chi connectivity index (χ1) is 6.63. The molecule has 1 aromatic rings. The monoisotopic (exact) mass is 191 g/mol. The van der Waals surface area contributed by atoms with E-state index in [2.05, 4.69) is 10.3 Å². The molecule has 1 atom stereocenters. The van der Waals surface area contributed by atoms with Gasteiger partial charge in [-0.2, -0.15) is 5.26 Å². The molecule has 0 spiro atoms. The molecular formula is C9H9N3O2. The summed E-state index contributed by atoms with van der Waals surface area (Å²) in [5.41, 5.74) is 0.887. The molecule has 0 amide bonds. The summed E-state index contributed by atoms with van der Waals surface area (Å²) >= 11 is 0. The van der Waals surface area contributed by atoms with E-state index < -0.39 is 12.0 Å². The first kappa shape index (κ1) is 9.99. The number of aromatic nitrogens is 1. The number of rotatable bonds is 3. The summed E-state index contributed by atoms with van der Waals surface area (Å²) in [5.74, 6) is -0.936. The number of aliphatic carboxylic acids is 1. The highest BCUT2D eigenvalue weighted by Crippen LogP contribution is 2.07. The van der Waals surface area contributed by atoms with Crippen molar-refractivity contribution in [2.24, 2.45) is 0 Å². The smallest absolute Gasteiger partial charge is 0.325 e. The average Bonchev–Trinajstić information content (AvgIpc) is 2.19. The van der Waals surface area contributed by atoms with E-state index in [-0.39, 0.29) is 0 Å². The maximum absolute atomic E-state index is 10.5. The van der Waals surface area contributed by atoms with Gasteiger partial charge in [0.1, 0.15) is 17.8 Å². The van der Waals surface area contributed by atoms with E-state index in [0.29, 0.717) is 11.4 Å². The van der Waals surface area contributed by atoms with Crippen LogP contribution in [0.1, 0.15) is 12.6 Å². The Morgan fingerprint density at radius 3 is 2.86 bits per heavy atom. The summed E-state index contributed by atoms with van der Waals surface area (Å²) < 4.78 is 0. The van der Waals surface area contributed by atoms with Crippen molar-refractivity contribution in [3.63, 3.8) is 0 Å². The van der Waals surface area contributed by atoms with Crippen LogP contribution >= 0.6 is 0 Å². The van der Waals surface area contributed by atoms with Crippen molar-refractivity contribution in [3.05, 3.63) is 24.0 Å². The molecule has 2 N–H and O–H groups in total. The second kappa shape index (κ2) is 4.23. The van der Waals surface area contributed by atoms with E-state index in [0.717, 1.165) is 0 Å². The number of hydrogen-bond acceptors (Lipinski definition) is 4. The fraction of sp³-hybridized carbons (Fsp3) is 0.222. The minimum atomic E-state index is -0.936. The number of hydrogen-bond donors (Lipinski definition) is 2. The van der Waals surface area contributed by atoms with E-state index in [9.17, 15) is 4.79 Å². The third kappa shape index (κ3) is 2.45. The van der Waals surface area contributed by atoms with Gasteiger partial charge in [0.25, 0.3) is 0 Å². The van der Waals surface area contributed by atoms with Crippen molar-refractivity contribution >= 4 is 11.7 Å². The zero-order valence-electron chi connectivity index (χ0n) is 7.56. The lowest BCUT2D eigenvalue weighted by molar-refractivity contribution is -0.137. The van der Waals surface area contributed by atoms with Crippen molar-refractivity contribution in [3.8, 4) is 6.07 Å². The summed E-state index contributed by atoms with van der Waals surface area (Å²) in [6.07, 6.45) is 1.43. The topological polar surface area (TPSA) is 86.0 Å². The van der Waals surface area contributed by atoms with E-state index in [1.807, 2.05) is 6.07 Å². The van der Waals surface area contributed by atoms with Crippen molar-refractivity contribution in [2.45, 2.75) is 13.0 Å². The molecule has 0 radical (unpaired) electrons. The molecule has 0 fully saturated rings. The second-order valence-electron chi connectivity index (χ2n) is 2.75. The van der Waals surface area contributed by atoms with Crippen LogP contribution in [0.25, 0.3) is 0 Å². The molecule has 0 aliphatic heterocycles. The van der Waals surface area contributed by atoms with Gasteiger partial charge in [0, 0.05) is 0 Å². The summed E-state index contributed by atoms with van der Waals surface area (Å²) in [5, 5.41) is 19.8. The lowest BCUT2D eigenvalue weighted by atomic mass is 10.3. The number of nitriles is 1. The molecule has 0 aliphatic carbocycles. The Morgan fingerprint density at radius 1 is 1.71 bits per heavy atom. The van der Waals surface area contributed by atoms with E-state index in [1.165, 1.54) is 19.2 Å². The molecule has 0 aromatic carbocycles. The van der Waals surface area contributed by atoms with E-state index in [1.54, 1.807) is 6.07 Å². The molecule has 0 saturated carbocycles. The third-order valence-corrected chi connectivity index (χ3v) is 1.63. The Balaban J connectivity index is 2.70. The highest BCUT2D eigenvalue weighted by Gasteiger charge is 2.09. The van der Waals surface area contributed by atoms with Gasteiger partial charge in [-0.25, -0.2) is 4.98 Å². The maximum atomic E-state index is 10.5. The van der Waals surface area contributed by atoms with Crippen LogP contribution in [-0.2, 0) is 4.79 Å². The van der Waals surface area contributed by atoms with Crippen LogP contribution in [0, 0.1) is 11.3 Å². The highest BCUT2D eigenvalue weighted by atomic mass is 16.4. The van der Waals surface area contributed by atoms with E-state index >= 15 is 0 Å². The quantitative estimate of drug-likeness (QED) is 0.739. The second-order valence-corrected chi connectivity index (χ2v) is 2.75. The molecule has 0 saturated heterocycles. The largest absolute Gasteiger partial charge is 0.480 e. The minimum absolute atomic E-state index is 0.304.